The number of amides is 3. The lowest BCUT2D eigenvalue weighted by Crippen LogP contribution is -2.54. The van der Waals surface area contributed by atoms with E-state index in [2.05, 4.69) is 10.2 Å². The van der Waals surface area contributed by atoms with Gasteiger partial charge in [0.25, 0.3) is 5.91 Å². The predicted octanol–water partition coefficient (Wildman–Crippen LogP) is 2.99. The molecule has 1 unspecified atom stereocenters. The molecule has 1 N–H and O–H groups in total. The fourth-order valence-corrected chi connectivity index (χ4v) is 6.02. The van der Waals surface area contributed by atoms with Crippen LogP contribution in [0.5, 0.6) is 5.75 Å². The molecule has 4 aliphatic rings. The third kappa shape index (κ3) is 4.10. The molecule has 3 aliphatic heterocycles. The molecule has 7 nitrogen and oxygen atoms in total. The van der Waals surface area contributed by atoms with E-state index in [0.717, 1.165) is 49.2 Å². The first-order chi connectivity index (χ1) is 17.0. The van der Waals surface area contributed by atoms with Gasteiger partial charge in [0.15, 0.2) is 0 Å². The van der Waals surface area contributed by atoms with Crippen molar-refractivity contribution in [3.05, 3.63) is 65.0 Å². The molecule has 2 aromatic carbocycles. The number of halogens is 1. The Morgan fingerprint density at radius 3 is 2.66 bits per heavy atom. The number of rotatable bonds is 5. The molecule has 2 aromatic rings. The Bertz CT molecular complexity index is 1190. The van der Waals surface area contributed by atoms with Crippen molar-refractivity contribution in [3.63, 3.8) is 0 Å². The highest BCUT2D eigenvalue weighted by atomic mass is 19.1. The molecule has 1 aliphatic carbocycles. The summed E-state index contributed by atoms with van der Waals surface area (Å²) >= 11 is 0. The number of carbonyl (C=O) groups is 3. The van der Waals surface area contributed by atoms with Gasteiger partial charge < -0.3 is 9.64 Å². The summed E-state index contributed by atoms with van der Waals surface area (Å²) < 4.78 is 20.0. The van der Waals surface area contributed by atoms with Crippen molar-refractivity contribution in [2.45, 2.75) is 62.8 Å². The van der Waals surface area contributed by atoms with Gasteiger partial charge in [-0.2, -0.15) is 0 Å². The summed E-state index contributed by atoms with van der Waals surface area (Å²) in [5.41, 5.74) is 2.49. The van der Waals surface area contributed by atoms with Crippen LogP contribution in [-0.2, 0) is 16.1 Å². The van der Waals surface area contributed by atoms with E-state index in [1.165, 1.54) is 6.07 Å². The Hall–Kier alpha value is -3.26. The predicted molar refractivity (Wildman–Crippen MR) is 125 cm³/mol. The third-order valence-electron chi connectivity index (χ3n) is 7.90. The van der Waals surface area contributed by atoms with Crippen LogP contribution in [0.15, 0.2) is 42.5 Å². The van der Waals surface area contributed by atoms with Crippen LogP contribution in [0.1, 0.15) is 59.5 Å². The SMILES string of the molecule is O=C1CCC(N2Cc3cc(O[C@@H]4CCC[C@H]4N4CC(c5cccc(F)c5)C4)ccc3C2=O)C(=O)N1. The van der Waals surface area contributed by atoms with Crippen LogP contribution in [0.4, 0.5) is 4.39 Å². The van der Waals surface area contributed by atoms with Crippen LogP contribution >= 0.6 is 0 Å². The summed E-state index contributed by atoms with van der Waals surface area (Å²) in [7, 11) is 0. The van der Waals surface area contributed by atoms with E-state index >= 15 is 0 Å². The van der Waals surface area contributed by atoms with E-state index in [4.69, 9.17) is 4.74 Å². The molecule has 6 rings (SSSR count). The number of nitrogens with one attached hydrogen (secondary N) is 1. The highest BCUT2D eigenvalue weighted by molar-refractivity contribution is 6.05. The molecule has 3 heterocycles. The van der Waals surface area contributed by atoms with E-state index < -0.39 is 11.9 Å². The molecule has 3 amide bonds. The second kappa shape index (κ2) is 8.75. The molecule has 3 atom stereocenters. The number of likely N-dealkylation sites (tertiary alicyclic amines) is 1. The monoisotopic (exact) mass is 477 g/mol. The van der Waals surface area contributed by atoms with Crippen LogP contribution in [0.25, 0.3) is 0 Å². The average molecular weight is 478 g/mol. The van der Waals surface area contributed by atoms with Crippen LogP contribution < -0.4 is 10.1 Å². The summed E-state index contributed by atoms with van der Waals surface area (Å²) in [5, 5.41) is 2.34. The fourth-order valence-electron chi connectivity index (χ4n) is 6.02. The Morgan fingerprint density at radius 1 is 1.00 bits per heavy atom. The van der Waals surface area contributed by atoms with Crippen LogP contribution in [0, 0.1) is 5.82 Å². The van der Waals surface area contributed by atoms with Crippen molar-refractivity contribution in [3.8, 4) is 5.75 Å². The number of piperidine rings is 1. The van der Waals surface area contributed by atoms with Gasteiger partial charge in [0.2, 0.25) is 11.8 Å². The number of carbonyl (C=O) groups excluding carboxylic acids is 3. The normalized spacial score (nSPS) is 27.1. The van der Waals surface area contributed by atoms with Gasteiger partial charge in [-0.25, -0.2) is 4.39 Å². The van der Waals surface area contributed by atoms with Crippen molar-refractivity contribution >= 4 is 17.7 Å². The first-order valence-electron chi connectivity index (χ1n) is 12.4. The van der Waals surface area contributed by atoms with E-state index in [1.807, 2.05) is 18.2 Å². The highest BCUT2D eigenvalue weighted by Gasteiger charge is 2.42. The topological polar surface area (TPSA) is 79.0 Å². The molecular formula is C27H28FN3O4. The smallest absolute Gasteiger partial charge is 0.255 e. The Labute approximate surface area is 203 Å². The minimum absolute atomic E-state index is 0.0739. The van der Waals surface area contributed by atoms with Gasteiger partial charge in [-0.05, 0) is 67.1 Å². The molecule has 0 spiro atoms. The minimum Gasteiger partial charge on any atom is -0.489 e. The second-order valence-corrected chi connectivity index (χ2v) is 10.1. The van der Waals surface area contributed by atoms with Crippen molar-refractivity contribution in [1.29, 1.82) is 0 Å². The van der Waals surface area contributed by atoms with Crippen molar-refractivity contribution in [2.75, 3.05) is 13.1 Å². The van der Waals surface area contributed by atoms with Crippen LogP contribution in [0.2, 0.25) is 0 Å². The Kier molecular flexibility index (Phi) is 5.56. The van der Waals surface area contributed by atoms with Crippen LogP contribution in [-0.4, -0.2) is 58.8 Å². The van der Waals surface area contributed by atoms with Crippen molar-refractivity contribution in [1.82, 2.24) is 15.1 Å². The fraction of sp³-hybridized carbons (Fsp3) is 0.444. The molecule has 182 valence electrons. The van der Waals surface area contributed by atoms with E-state index in [9.17, 15) is 18.8 Å². The maximum absolute atomic E-state index is 13.6. The Balaban J connectivity index is 1.10. The zero-order chi connectivity index (χ0) is 24.1. The van der Waals surface area contributed by atoms with E-state index in [1.54, 1.807) is 23.1 Å². The molecule has 1 saturated carbocycles. The third-order valence-corrected chi connectivity index (χ3v) is 7.90. The number of fused-ring (bicyclic) bond motifs is 1. The molecular weight excluding hydrogens is 449 g/mol. The van der Waals surface area contributed by atoms with Gasteiger partial charge in [-0.15, -0.1) is 0 Å². The lowest BCUT2D eigenvalue weighted by molar-refractivity contribution is -0.136. The van der Waals surface area contributed by atoms with Gasteiger partial charge in [-0.1, -0.05) is 12.1 Å². The maximum Gasteiger partial charge on any atom is 0.255 e. The number of hydrogen-bond acceptors (Lipinski definition) is 5. The minimum atomic E-state index is -0.617. The number of imide groups is 1. The summed E-state index contributed by atoms with van der Waals surface area (Å²) in [5.74, 6) is 0.0375. The first-order valence-corrected chi connectivity index (χ1v) is 12.4. The lowest BCUT2D eigenvalue weighted by atomic mass is 9.89. The Morgan fingerprint density at radius 2 is 1.86 bits per heavy atom. The van der Waals surface area contributed by atoms with Gasteiger partial charge in [0, 0.05) is 43.6 Å². The quantitative estimate of drug-likeness (QED) is 0.670. The van der Waals surface area contributed by atoms with Crippen LogP contribution in [0.3, 0.4) is 0 Å². The summed E-state index contributed by atoms with van der Waals surface area (Å²) in [4.78, 5) is 40.7. The molecule has 0 radical (unpaired) electrons. The molecule has 0 aromatic heterocycles. The summed E-state index contributed by atoms with van der Waals surface area (Å²) in [6.07, 6.45) is 3.82. The van der Waals surface area contributed by atoms with Gasteiger partial charge >= 0.3 is 0 Å². The molecule has 2 saturated heterocycles. The standard InChI is InChI=1S/C27H28FN3O4/c28-19-4-1-3-16(11-19)18-13-30(14-18)22-5-2-6-24(22)35-20-7-8-21-17(12-20)15-31(27(21)34)23-9-10-25(32)29-26(23)33/h1,3-4,7-8,11-12,18,22-24H,2,5-6,9-10,13-15H2,(H,29,32,33)/t22-,23?,24-/m1/s1. The van der Waals surface area contributed by atoms with Crippen molar-refractivity contribution in [2.24, 2.45) is 0 Å². The van der Waals surface area contributed by atoms with Crippen molar-refractivity contribution < 1.29 is 23.5 Å². The highest BCUT2D eigenvalue weighted by Crippen LogP contribution is 2.37. The summed E-state index contributed by atoms with van der Waals surface area (Å²) in [6.45, 7) is 2.16. The molecule has 0 bridgehead atoms. The van der Waals surface area contributed by atoms with E-state index in [0.29, 0.717) is 30.5 Å². The first kappa shape index (κ1) is 22.2. The number of ether oxygens (including phenoxy) is 1. The molecule has 8 heteroatoms. The number of benzene rings is 2. The number of nitrogens with zero attached hydrogens (tertiary/aromatic N) is 2. The van der Waals surface area contributed by atoms with Gasteiger partial charge in [0.05, 0.1) is 0 Å². The maximum atomic E-state index is 13.6. The largest absolute Gasteiger partial charge is 0.489 e. The number of hydrogen-bond donors (Lipinski definition) is 1. The molecule has 35 heavy (non-hydrogen) atoms. The lowest BCUT2D eigenvalue weighted by Gasteiger charge is -2.45. The molecule has 3 fully saturated rings. The summed E-state index contributed by atoms with van der Waals surface area (Å²) in [6, 6.07) is 12.1. The zero-order valence-electron chi connectivity index (χ0n) is 19.4. The van der Waals surface area contributed by atoms with E-state index in [-0.39, 0.29) is 30.2 Å². The van der Waals surface area contributed by atoms with Gasteiger partial charge in [-0.3, -0.25) is 24.6 Å². The zero-order valence-corrected chi connectivity index (χ0v) is 19.4. The second-order valence-electron chi connectivity index (χ2n) is 10.1. The van der Waals surface area contributed by atoms with Gasteiger partial charge in [0.1, 0.15) is 23.7 Å². The average Bonchev–Trinajstić information content (AvgIpc) is 3.37.